The number of thiophene rings is 1. The first-order valence-electron chi connectivity index (χ1n) is 7.92. The molecule has 0 amide bonds. The summed E-state index contributed by atoms with van der Waals surface area (Å²) in [6.07, 6.45) is 7.22. The molecule has 0 radical (unpaired) electrons. The van der Waals surface area contributed by atoms with E-state index in [0.29, 0.717) is 6.04 Å². The number of thiazole rings is 1. The molecule has 0 aromatic carbocycles. The van der Waals surface area contributed by atoms with Gasteiger partial charge in [0.25, 0.3) is 0 Å². The highest BCUT2D eigenvalue weighted by Crippen LogP contribution is 2.27. The standard InChI is InChI=1S/C16H19N5S2/c1-2-5-20(15(3-1)8-21-12-17-11-18-21)7-14-10-23-16(19-14)13-4-6-22-9-13/h4,6,9-12,15H,1-3,5,7-8H2/t15-/m1/s1. The van der Waals surface area contributed by atoms with Crippen LogP contribution < -0.4 is 0 Å². The molecule has 1 fully saturated rings. The van der Waals surface area contributed by atoms with Gasteiger partial charge in [-0.25, -0.2) is 9.97 Å². The minimum absolute atomic E-state index is 0.525. The minimum Gasteiger partial charge on any atom is -0.293 e. The van der Waals surface area contributed by atoms with Gasteiger partial charge in [0, 0.05) is 28.9 Å². The summed E-state index contributed by atoms with van der Waals surface area (Å²) < 4.78 is 1.95. The Bertz CT molecular complexity index is 720. The van der Waals surface area contributed by atoms with Crippen LogP contribution in [-0.4, -0.2) is 37.2 Å². The lowest BCUT2D eigenvalue weighted by Gasteiger charge is -2.35. The van der Waals surface area contributed by atoms with Crippen LogP contribution in [0.1, 0.15) is 25.0 Å². The second kappa shape index (κ2) is 6.90. The van der Waals surface area contributed by atoms with Crippen molar-refractivity contribution >= 4 is 22.7 Å². The van der Waals surface area contributed by atoms with E-state index >= 15 is 0 Å². The van der Waals surface area contributed by atoms with Crippen LogP contribution >= 0.6 is 22.7 Å². The van der Waals surface area contributed by atoms with E-state index < -0.39 is 0 Å². The van der Waals surface area contributed by atoms with Crippen LogP contribution in [0.15, 0.2) is 34.9 Å². The molecular weight excluding hydrogens is 326 g/mol. The maximum absolute atomic E-state index is 4.83. The van der Waals surface area contributed by atoms with Crippen molar-refractivity contribution in [2.75, 3.05) is 6.54 Å². The molecule has 0 spiro atoms. The SMILES string of the molecule is c1ncn(C[C@H]2CCCCN2Cc2csc(-c3ccsc3)n2)n1. The predicted molar refractivity (Wildman–Crippen MR) is 93.5 cm³/mol. The molecular formula is C16H19N5S2. The van der Waals surface area contributed by atoms with E-state index in [4.69, 9.17) is 4.98 Å². The van der Waals surface area contributed by atoms with Crippen LogP contribution in [0, 0.1) is 0 Å². The first-order chi connectivity index (χ1) is 11.4. The van der Waals surface area contributed by atoms with Crippen molar-refractivity contribution < 1.29 is 0 Å². The maximum Gasteiger partial charge on any atom is 0.137 e. The quantitative estimate of drug-likeness (QED) is 0.710. The van der Waals surface area contributed by atoms with Crippen molar-refractivity contribution in [1.29, 1.82) is 0 Å². The molecule has 3 aromatic heterocycles. The number of nitrogens with zero attached hydrogens (tertiary/aromatic N) is 5. The number of piperidine rings is 1. The van der Waals surface area contributed by atoms with Gasteiger partial charge in [0.1, 0.15) is 17.7 Å². The molecule has 1 saturated heterocycles. The fraction of sp³-hybridized carbons (Fsp3) is 0.438. The van der Waals surface area contributed by atoms with E-state index in [2.05, 4.69) is 37.2 Å². The third-order valence-electron chi connectivity index (χ3n) is 4.30. The highest BCUT2D eigenvalue weighted by atomic mass is 32.1. The number of likely N-dealkylation sites (tertiary alicyclic amines) is 1. The molecule has 3 aromatic rings. The summed E-state index contributed by atoms with van der Waals surface area (Å²) in [5, 5.41) is 11.9. The minimum atomic E-state index is 0.525. The summed E-state index contributed by atoms with van der Waals surface area (Å²) in [7, 11) is 0. The second-order valence-corrected chi connectivity index (χ2v) is 7.53. The zero-order valence-electron chi connectivity index (χ0n) is 12.8. The van der Waals surface area contributed by atoms with Crippen molar-refractivity contribution in [3.8, 4) is 10.6 Å². The maximum atomic E-state index is 4.83. The van der Waals surface area contributed by atoms with Crippen LogP contribution in [-0.2, 0) is 13.1 Å². The summed E-state index contributed by atoms with van der Waals surface area (Å²) in [5.41, 5.74) is 2.42. The fourth-order valence-electron chi connectivity index (χ4n) is 3.12. The van der Waals surface area contributed by atoms with Crippen molar-refractivity contribution in [2.24, 2.45) is 0 Å². The molecule has 0 saturated carbocycles. The molecule has 7 heteroatoms. The molecule has 5 nitrogen and oxygen atoms in total. The van der Waals surface area contributed by atoms with E-state index in [-0.39, 0.29) is 0 Å². The number of rotatable bonds is 5. The highest BCUT2D eigenvalue weighted by molar-refractivity contribution is 7.14. The lowest BCUT2D eigenvalue weighted by Crippen LogP contribution is -2.41. The number of hydrogen-bond donors (Lipinski definition) is 0. The van der Waals surface area contributed by atoms with Crippen molar-refractivity contribution in [2.45, 2.75) is 38.4 Å². The van der Waals surface area contributed by atoms with Gasteiger partial charge in [-0.15, -0.1) is 11.3 Å². The molecule has 4 heterocycles. The van der Waals surface area contributed by atoms with Gasteiger partial charge in [-0.3, -0.25) is 9.58 Å². The number of aromatic nitrogens is 4. The lowest BCUT2D eigenvalue weighted by molar-refractivity contribution is 0.120. The Morgan fingerprint density at radius 1 is 1.26 bits per heavy atom. The summed E-state index contributed by atoms with van der Waals surface area (Å²) in [6.45, 7) is 2.99. The van der Waals surface area contributed by atoms with Gasteiger partial charge >= 0.3 is 0 Å². The summed E-state index contributed by atoms with van der Waals surface area (Å²) >= 11 is 3.47. The fourth-order valence-corrected chi connectivity index (χ4v) is 4.65. The molecule has 4 rings (SSSR count). The summed E-state index contributed by atoms with van der Waals surface area (Å²) in [6, 6.07) is 2.67. The average molecular weight is 345 g/mol. The van der Waals surface area contributed by atoms with Crippen LogP contribution in [0.25, 0.3) is 10.6 Å². The largest absolute Gasteiger partial charge is 0.293 e. The smallest absolute Gasteiger partial charge is 0.137 e. The first kappa shape index (κ1) is 15.0. The lowest BCUT2D eigenvalue weighted by atomic mass is 10.0. The molecule has 1 atom stereocenters. The van der Waals surface area contributed by atoms with E-state index in [1.54, 1.807) is 29.0 Å². The van der Waals surface area contributed by atoms with Gasteiger partial charge < -0.3 is 0 Å². The first-order valence-corrected chi connectivity index (χ1v) is 9.74. The topological polar surface area (TPSA) is 46.8 Å². The van der Waals surface area contributed by atoms with Gasteiger partial charge in [-0.2, -0.15) is 16.4 Å². The summed E-state index contributed by atoms with van der Waals surface area (Å²) in [4.78, 5) is 11.4. The Morgan fingerprint density at radius 2 is 2.26 bits per heavy atom. The van der Waals surface area contributed by atoms with Crippen LogP contribution in [0.3, 0.4) is 0 Å². The van der Waals surface area contributed by atoms with E-state index in [9.17, 15) is 0 Å². The zero-order chi connectivity index (χ0) is 15.5. The molecule has 0 unspecified atom stereocenters. The molecule has 23 heavy (non-hydrogen) atoms. The van der Waals surface area contributed by atoms with Crippen LogP contribution in [0.2, 0.25) is 0 Å². The molecule has 120 valence electrons. The van der Waals surface area contributed by atoms with Crippen LogP contribution in [0.5, 0.6) is 0 Å². The van der Waals surface area contributed by atoms with Gasteiger partial charge in [0.15, 0.2) is 0 Å². The van der Waals surface area contributed by atoms with Gasteiger partial charge in [0.2, 0.25) is 0 Å². The van der Waals surface area contributed by atoms with E-state index in [1.807, 2.05) is 11.0 Å². The molecule has 1 aliphatic rings. The monoisotopic (exact) mass is 345 g/mol. The Hall–Kier alpha value is -1.57. The highest BCUT2D eigenvalue weighted by Gasteiger charge is 2.24. The predicted octanol–water partition coefficient (Wildman–Crippen LogP) is 3.52. The van der Waals surface area contributed by atoms with Gasteiger partial charge in [-0.05, 0) is 30.8 Å². The van der Waals surface area contributed by atoms with Gasteiger partial charge in [0.05, 0.1) is 12.2 Å². The molecule has 0 N–H and O–H groups in total. The van der Waals surface area contributed by atoms with Crippen molar-refractivity contribution in [3.63, 3.8) is 0 Å². The van der Waals surface area contributed by atoms with Crippen LogP contribution in [0.4, 0.5) is 0 Å². The third-order valence-corrected chi connectivity index (χ3v) is 5.92. The normalized spacial score (nSPS) is 19.2. The van der Waals surface area contributed by atoms with Gasteiger partial charge in [-0.1, -0.05) is 6.42 Å². The molecule has 0 bridgehead atoms. The second-order valence-electron chi connectivity index (χ2n) is 5.89. The van der Waals surface area contributed by atoms with Crippen molar-refractivity contribution in [3.05, 3.63) is 40.6 Å². The Balaban J connectivity index is 1.45. The Labute approximate surface area is 143 Å². The van der Waals surface area contributed by atoms with E-state index in [1.165, 1.54) is 30.5 Å². The Kier molecular flexibility index (Phi) is 4.50. The zero-order valence-corrected chi connectivity index (χ0v) is 14.5. The number of hydrogen-bond acceptors (Lipinski definition) is 6. The average Bonchev–Trinajstić information content (AvgIpc) is 3.31. The third kappa shape index (κ3) is 3.52. The van der Waals surface area contributed by atoms with Crippen molar-refractivity contribution in [1.82, 2.24) is 24.6 Å². The van der Waals surface area contributed by atoms with E-state index in [0.717, 1.165) is 24.6 Å². The molecule has 1 aliphatic heterocycles. The Morgan fingerprint density at radius 3 is 3.09 bits per heavy atom. The summed E-state index contributed by atoms with van der Waals surface area (Å²) in [5.74, 6) is 0. The molecule has 0 aliphatic carbocycles.